The lowest BCUT2D eigenvalue weighted by molar-refractivity contribution is -0.207. The molecule has 7 nitrogen and oxygen atoms in total. The molecule has 4 rings (SSSR count). The molecule has 1 aromatic carbocycles. The zero-order chi connectivity index (χ0) is 27.4. The number of benzene rings is 1. The van der Waals surface area contributed by atoms with Gasteiger partial charge in [-0.2, -0.15) is 8.42 Å². The van der Waals surface area contributed by atoms with Gasteiger partial charge in [0.1, 0.15) is 11.9 Å². The van der Waals surface area contributed by atoms with Crippen LogP contribution in [-0.2, 0) is 28.6 Å². The third-order valence-electron chi connectivity index (χ3n) is 10.2. The number of carbonyl (C=O) groups excluding carboxylic acids is 2. The van der Waals surface area contributed by atoms with Crippen LogP contribution in [0.25, 0.3) is 0 Å². The van der Waals surface area contributed by atoms with Crippen LogP contribution in [0.5, 0.6) is 0 Å². The molecule has 3 aliphatic carbocycles. The normalized spacial score (nSPS) is 39.8. The molecule has 0 aliphatic heterocycles. The second-order valence-electron chi connectivity index (χ2n) is 12.1. The molecule has 3 fully saturated rings. The summed E-state index contributed by atoms with van der Waals surface area (Å²) in [6, 6.07) is 6.17. The van der Waals surface area contributed by atoms with Crippen molar-refractivity contribution in [2.24, 2.45) is 34.0 Å². The number of hydrogen-bond acceptors (Lipinski definition) is 7. The number of hydrogen-bond donors (Lipinski definition) is 1. The van der Waals surface area contributed by atoms with Crippen LogP contribution in [0.15, 0.2) is 41.8 Å². The molecule has 2 unspecified atom stereocenters. The number of Topliss-reactive ketones (excluding diaryl/α,β-unsaturated/α-hetero) is 1. The zero-order valence-electron chi connectivity index (χ0n) is 22.5. The van der Waals surface area contributed by atoms with Crippen molar-refractivity contribution in [3.63, 3.8) is 0 Å². The van der Waals surface area contributed by atoms with Gasteiger partial charge in [-0.15, -0.1) is 6.58 Å². The summed E-state index contributed by atoms with van der Waals surface area (Å²) in [6.07, 6.45) is 3.37. The number of esters is 1. The Bertz CT molecular complexity index is 1180. The average Bonchev–Trinajstić information content (AvgIpc) is 3.21. The fourth-order valence-electron chi connectivity index (χ4n) is 7.59. The van der Waals surface area contributed by atoms with E-state index in [1.165, 1.54) is 12.1 Å². The Hall–Kier alpha value is -2.03. The fraction of sp³-hybridized carbons (Fsp3) is 0.655. The zero-order valence-corrected chi connectivity index (χ0v) is 23.3. The Morgan fingerprint density at radius 3 is 2.46 bits per heavy atom. The molecule has 1 N–H and O–H groups in total. The van der Waals surface area contributed by atoms with E-state index in [0.717, 1.165) is 18.4 Å². The summed E-state index contributed by atoms with van der Waals surface area (Å²) in [5.74, 6) is -1.05. The Morgan fingerprint density at radius 1 is 1.19 bits per heavy atom. The first-order valence-corrected chi connectivity index (χ1v) is 14.6. The molecular formula is C29H40O7S. The van der Waals surface area contributed by atoms with Gasteiger partial charge in [-0.25, -0.2) is 4.79 Å². The molecule has 204 valence electrons. The maximum atomic E-state index is 13.4. The lowest BCUT2D eigenvalue weighted by Crippen LogP contribution is -2.63. The van der Waals surface area contributed by atoms with Crippen LogP contribution in [-0.4, -0.2) is 44.1 Å². The van der Waals surface area contributed by atoms with Gasteiger partial charge in [-0.05, 0) is 62.0 Å². The Kier molecular flexibility index (Phi) is 7.27. The molecule has 8 atom stereocenters. The summed E-state index contributed by atoms with van der Waals surface area (Å²) in [7, 11) is -4.15. The minimum absolute atomic E-state index is 0.0394. The number of rotatable bonds is 6. The Labute approximate surface area is 220 Å². The minimum Gasteiger partial charge on any atom is -0.460 e. The molecule has 0 amide bonds. The van der Waals surface area contributed by atoms with E-state index in [9.17, 15) is 23.1 Å². The second-order valence-corrected chi connectivity index (χ2v) is 13.7. The molecule has 0 aromatic heterocycles. The molecule has 3 saturated carbocycles. The van der Waals surface area contributed by atoms with E-state index in [-0.39, 0.29) is 40.3 Å². The van der Waals surface area contributed by atoms with E-state index in [1.807, 2.05) is 27.7 Å². The number of ether oxygens (including phenoxy) is 1. The monoisotopic (exact) mass is 532 g/mol. The maximum absolute atomic E-state index is 13.4. The third-order valence-corrected chi connectivity index (χ3v) is 11.5. The molecule has 0 radical (unpaired) electrons. The van der Waals surface area contributed by atoms with Crippen LogP contribution >= 0.6 is 0 Å². The predicted octanol–water partition coefficient (Wildman–Crippen LogP) is 4.61. The highest BCUT2D eigenvalue weighted by Crippen LogP contribution is 2.68. The SMILES string of the molecule is C=C[C@]1(C)C[C@@H](OC(=O)COS(=O)(=O)c2ccc(C)cc2)[C@]2(C)C(C)CC[C@]3(CCC(=O)C32)[C@@H](C)[C@@H]1O. The van der Waals surface area contributed by atoms with E-state index in [2.05, 4.69) is 13.5 Å². The van der Waals surface area contributed by atoms with E-state index >= 15 is 0 Å². The summed E-state index contributed by atoms with van der Waals surface area (Å²) in [4.78, 5) is 26.5. The molecule has 2 bridgehead atoms. The molecule has 8 heteroatoms. The first kappa shape index (κ1) is 28.0. The molecule has 0 spiro atoms. The van der Waals surface area contributed by atoms with Gasteiger partial charge < -0.3 is 9.84 Å². The van der Waals surface area contributed by atoms with Gasteiger partial charge in [-0.1, -0.05) is 51.5 Å². The predicted molar refractivity (Wildman–Crippen MR) is 139 cm³/mol. The number of carbonyl (C=O) groups is 2. The summed E-state index contributed by atoms with van der Waals surface area (Å²) < 4.78 is 36.3. The van der Waals surface area contributed by atoms with Gasteiger partial charge in [0.25, 0.3) is 10.1 Å². The van der Waals surface area contributed by atoms with Crippen molar-refractivity contribution in [3.05, 3.63) is 42.5 Å². The van der Waals surface area contributed by atoms with Crippen LogP contribution in [0.1, 0.15) is 65.4 Å². The highest BCUT2D eigenvalue weighted by Gasteiger charge is 2.68. The lowest BCUT2D eigenvalue weighted by Gasteiger charge is -2.61. The highest BCUT2D eigenvalue weighted by molar-refractivity contribution is 7.86. The van der Waals surface area contributed by atoms with E-state index in [4.69, 9.17) is 8.92 Å². The first-order chi connectivity index (χ1) is 17.2. The average molecular weight is 533 g/mol. The summed E-state index contributed by atoms with van der Waals surface area (Å²) >= 11 is 0. The minimum atomic E-state index is -4.15. The topological polar surface area (TPSA) is 107 Å². The quantitative estimate of drug-likeness (QED) is 0.324. The Balaban J connectivity index is 1.65. The number of aryl methyl sites for hydroxylation is 1. The number of aliphatic hydroxyl groups is 1. The van der Waals surface area contributed by atoms with Gasteiger partial charge in [0.2, 0.25) is 0 Å². The number of aliphatic hydroxyl groups excluding tert-OH is 1. The van der Waals surface area contributed by atoms with Crippen molar-refractivity contribution in [3.8, 4) is 0 Å². The molecular weight excluding hydrogens is 492 g/mol. The molecule has 37 heavy (non-hydrogen) atoms. The fourth-order valence-corrected chi connectivity index (χ4v) is 8.45. The van der Waals surface area contributed by atoms with Crippen LogP contribution in [0.2, 0.25) is 0 Å². The van der Waals surface area contributed by atoms with Gasteiger partial charge in [0.15, 0.2) is 6.61 Å². The maximum Gasteiger partial charge on any atom is 0.333 e. The Morgan fingerprint density at radius 2 is 1.84 bits per heavy atom. The smallest absolute Gasteiger partial charge is 0.333 e. The van der Waals surface area contributed by atoms with Crippen LogP contribution in [0.3, 0.4) is 0 Å². The summed E-state index contributed by atoms with van der Waals surface area (Å²) in [6.45, 7) is 13.2. The van der Waals surface area contributed by atoms with Crippen molar-refractivity contribution in [1.82, 2.24) is 0 Å². The van der Waals surface area contributed by atoms with Crippen LogP contribution < -0.4 is 0 Å². The van der Waals surface area contributed by atoms with E-state index in [0.29, 0.717) is 12.8 Å². The van der Waals surface area contributed by atoms with E-state index in [1.54, 1.807) is 18.2 Å². The van der Waals surface area contributed by atoms with Gasteiger partial charge >= 0.3 is 5.97 Å². The summed E-state index contributed by atoms with van der Waals surface area (Å²) in [5, 5.41) is 11.6. The van der Waals surface area contributed by atoms with Gasteiger partial charge in [0, 0.05) is 23.2 Å². The first-order valence-electron chi connectivity index (χ1n) is 13.2. The lowest BCUT2D eigenvalue weighted by atomic mass is 9.44. The van der Waals surface area contributed by atoms with Crippen molar-refractivity contribution in [2.45, 2.75) is 83.8 Å². The molecule has 3 aliphatic rings. The van der Waals surface area contributed by atoms with Gasteiger partial charge in [-0.3, -0.25) is 8.98 Å². The van der Waals surface area contributed by atoms with Crippen LogP contribution in [0.4, 0.5) is 0 Å². The van der Waals surface area contributed by atoms with Crippen molar-refractivity contribution in [2.75, 3.05) is 6.61 Å². The molecule has 1 aromatic rings. The van der Waals surface area contributed by atoms with Crippen molar-refractivity contribution >= 4 is 21.9 Å². The molecule has 0 saturated heterocycles. The van der Waals surface area contributed by atoms with Gasteiger partial charge in [0.05, 0.1) is 11.0 Å². The highest BCUT2D eigenvalue weighted by atomic mass is 32.2. The van der Waals surface area contributed by atoms with E-state index < -0.39 is 45.7 Å². The third kappa shape index (κ3) is 4.49. The standard InChI is InChI=1S/C29H40O7S/c1-7-27(5)16-23(36-24(31)17-35-37(33,34)21-10-8-18(2)9-11-21)28(6)19(3)12-14-29(20(4)26(27)32)15-13-22(30)25(28)29/h7-11,19-20,23,25-26,32H,1,12-17H2,2-6H3/t19?,20-,23+,25?,26-,27+,28-,29-/m0/s1. The summed E-state index contributed by atoms with van der Waals surface area (Å²) in [5.41, 5.74) is -0.910. The van der Waals surface area contributed by atoms with Crippen molar-refractivity contribution in [1.29, 1.82) is 0 Å². The number of ketones is 1. The second kappa shape index (κ2) is 9.62. The largest absolute Gasteiger partial charge is 0.460 e. The molecule has 0 heterocycles. The van der Waals surface area contributed by atoms with Crippen LogP contribution in [0, 0.1) is 40.9 Å². The van der Waals surface area contributed by atoms with Crippen molar-refractivity contribution < 1.29 is 32.0 Å².